The Kier molecular flexibility index (Phi) is 6.41. The zero-order chi connectivity index (χ0) is 21.8. The maximum atomic E-state index is 12.2. The molecule has 0 radical (unpaired) electrons. The van der Waals surface area contributed by atoms with Gasteiger partial charge in [-0.2, -0.15) is 0 Å². The average Bonchev–Trinajstić information content (AvgIpc) is 2.77. The average molecular weight is 425 g/mol. The van der Waals surface area contributed by atoms with Gasteiger partial charge >= 0.3 is 6.36 Å². The third-order valence-electron chi connectivity index (χ3n) is 6.81. The Morgan fingerprint density at radius 1 is 0.806 bits per heavy atom. The van der Waals surface area contributed by atoms with Gasteiger partial charge in [-0.05, 0) is 104 Å². The number of ether oxygens (including phenoxy) is 1. The summed E-state index contributed by atoms with van der Waals surface area (Å²) >= 11 is 0. The Hall–Kier alpha value is -2.67. The van der Waals surface area contributed by atoms with Crippen LogP contribution in [0.3, 0.4) is 0 Å². The Morgan fingerprint density at radius 3 is 2.00 bits per heavy atom. The molecule has 0 heterocycles. The fourth-order valence-electron chi connectivity index (χ4n) is 5.17. The molecule has 0 aromatic heterocycles. The van der Waals surface area contributed by atoms with E-state index in [-0.39, 0.29) is 5.75 Å². The van der Waals surface area contributed by atoms with Crippen LogP contribution in [0.25, 0.3) is 0 Å². The molecule has 4 atom stereocenters. The van der Waals surface area contributed by atoms with Gasteiger partial charge in [-0.15, -0.1) is 19.8 Å². The molecule has 4 unspecified atom stereocenters. The first-order chi connectivity index (χ1) is 14.9. The number of hydrogen-bond donors (Lipinski definition) is 0. The normalized spacial score (nSPS) is 25.6. The quantitative estimate of drug-likeness (QED) is 0.367. The van der Waals surface area contributed by atoms with E-state index in [9.17, 15) is 13.2 Å². The maximum absolute atomic E-state index is 12.2. The number of benzene rings is 2. The van der Waals surface area contributed by atoms with Crippen LogP contribution in [0, 0.1) is 29.6 Å². The van der Waals surface area contributed by atoms with Crippen LogP contribution in [0.15, 0.2) is 61.2 Å². The number of allylic oxidation sites excluding steroid dienone is 1. The van der Waals surface area contributed by atoms with E-state index >= 15 is 0 Å². The van der Waals surface area contributed by atoms with E-state index in [1.165, 1.54) is 68.4 Å². The van der Waals surface area contributed by atoms with Crippen molar-refractivity contribution in [3.8, 4) is 17.6 Å². The Labute approximate surface area is 182 Å². The van der Waals surface area contributed by atoms with Gasteiger partial charge in [0, 0.05) is 11.1 Å². The molecule has 0 spiro atoms. The molecule has 4 heteroatoms. The molecule has 31 heavy (non-hydrogen) atoms. The van der Waals surface area contributed by atoms with Crippen molar-refractivity contribution in [1.82, 2.24) is 0 Å². The lowest BCUT2D eigenvalue weighted by Gasteiger charge is -2.41. The van der Waals surface area contributed by atoms with Crippen LogP contribution in [-0.4, -0.2) is 6.36 Å². The molecule has 162 valence electrons. The molecule has 2 aromatic carbocycles. The molecule has 0 N–H and O–H groups in total. The van der Waals surface area contributed by atoms with Crippen LogP contribution >= 0.6 is 0 Å². The molecule has 2 saturated carbocycles. The van der Waals surface area contributed by atoms with Gasteiger partial charge in [-0.3, -0.25) is 0 Å². The number of alkyl halides is 3. The summed E-state index contributed by atoms with van der Waals surface area (Å²) in [6.45, 7) is 3.99. The van der Waals surface area contributed by atoms with Crippen LogP contribution in [0.1, 0.15) is 61.1 Å². The molecule has 0 aliphatic heterocycles. The smallest absolute Gasteiger partial charge is 0.406 e. The van der Waals surface area contributed by atoms with Crippen molar-refractivity contribution >= 4 is 0 Å². The first-order valence-corrected chi connectivity index (χ1v) is 11.0. The Bertz CT molecular complexity index is 947. The summed E-state index contributed by atoms with van der Waals surface area (Å²) in [7, 11) is 0. The highest BCUT2D eigenvalue weighted by Gasteiger charge is 2.35. The number of fused-ring (bicyclic) bond motifs is 1. The second-order valence-corrected chi connectivity index (χ2v) is 8.78. The number of rotatable bonds is 3. The van der Waals surface area contributed by atoms with E-state index in [0.717, 1.165) is 17.4 Å². The van der Waals surface area contributed by atoms with Gasteiger partial charge < -0.3 is 4.74 Å². The van der Waals surface area contributed by atoms with Crippen molar-refractivity contribution in [3.05, 3.63) is 77.9 Å². The summed E-state index contributed by atoms with van der Waals surface area (Å²) < 4.78 is 40.6. The van der Waals surface area contributed by atoms with Crippen LogP contribution < -0.4 is 4.74 Å². The molecule has 2 aliphatic rings. The fraction of sp³-hybridized carbons (Fsp3) is 0.407. The molecule has 2 fully saturated rings. The lowest BCUT2D eigenvalue weighted by molar-refractivity contribution is -0.274. The Morgan fingerprint density at radius 2 is 1.39 bits per heavy atom. The van der Waals surface area contributed by atoms with E-state index < -0.39 is 6.36 Å². The Balaban J connectivity index is 1.36. The van der Waals surface area contributed by atoms with E-state index in [0.29, 0.717) is 17.4 Å². The summed E-state index contributed by atoms with van der Waals surface area (Å²) in [5.74, 6) is 8.91. The van der Waals surface area contributed by atoms with Gasteiger partial charge in [0.25, 0.3) is 0 Å². The molecule has 0 saturated heterocycles. The monoisotopic (exact) mass is 424 g/mol. The van der Waals surface area contributed by atoms with Gasteiger partial charge in [-0.1, -0.05) is 30.0 Å². The van der Waals surface area contributed by atoms with Gasteiger partial charge in [-0.25, -0.2) is 0 Å². The van der Waals surface area contributed by atoms with Gasteiger partial charge in [0.1, 0.15) is 5.75 Å². The summed E-state index contributed by atoms with van der Waals surface area (Å²) in [4.78, 5) is 0. The largest absolute Gasteiger partial charge is 0.573 e. The van der Waals surface area contributed by atoms with Gasteiger partial charge in [0.2, 0.25) is 0 Å². The molecular formula is C27H27F3O. The SMILES string of the molecule is C=CC1CCC2CC(c3ccc(C#Cc4ccc(OC(F)(F)F)cc4)cc3)CCC2C1. The topological polar surface area (TPSA) is 9.23 Å². The van der Waals surface area contributed by atoms with E-state index in [2.05, 4.69) is 41.4 Å². The molecular weight excluding hydrogens is 397 g/mol. The van der Waals surface area contributed by atoms with E-state index in [4.69, 9.17) is 0 Å². The highest BCUT2D eigenvalue weighted by atomic mass is 19.4. The van der Waals surface area contributed by atoms with Crippen molar-refractivity contribution in [1.29, 1.82) is 0 Å². The summed E-state index contributed by atoms with van der Waals surface area (Å²) in [6.07, 6.45) is 5.25. The first-order valence-electron chi connectivity index (χ1n) is 11.0. The van der Waals surface area contributed by atoms with Gasteiger partial charge in [0.15, 0.2) is 0 Å². The predicted octanol–water partition coefficient (Wildman–Crippen LogP) is 7.47. The van der Waals surface area contributed by atoms with Crippen molar-refractivity contribution in [2.24, 2.45) is 17.8 Å². The molecule has 1 nitrogen and oxygen atoms in total. The molecule has 2 aromatic rings. The predicted molar refractivity (Wildman–Crippen MR) is 117 cm³/mol. The van der Waals surface area contributed by atoms with E-state index in [1.807, 2.05) is 12.1 Å². The summed E-state index contributed by atoms with van der Waals surface area (Å²) in [5.41, 5.74) is 2.94. The summed E-state index contributed by atoms with van der Waals surface area (Å²) in [6, 6.07) is 14.1. The van der Waals surface area contributed by atoms with Crippen molar-refractivity contribution < 1.29 is 17.9 Å². The molecule has 4 rings (SSSR count). The minimum atomic E-state index is -4.68. The maximum Gasteiger partial charge on any atom is 0.573 e. The van der Waals surface area contributed by atoms with Crippen LogP contribution in [0.5, 0.6) is 5.75 Å². The van der Waals surface area contributed by atoms with Gasteiger partial charge in [0.05, 0.1) is 0 Å². The highest BCUT2D eigenvalue weighted by molar-refractivity contribution is 5.45. The molecule has 0 bridgehead atoms. The second-order valence-electron chi connectivity index (χ2n) is 8.78. The minimum absolute atomic E-state index is 0.241. The fourth-order valence-corrected chi connectivity index (χ4v) is 5.17. The first kappa shape index (κ1) is 21.6. The third-order valence-corrected chi connectivity index (χ3v) is 6.81. The molecule has 2 aliphatic carbocycles. The van der Waals surface area contributed by atoms with Crippen LogP contribution in [-0.2, 0) is 0 Å². The summed E-state index contributed by atoms with van der Waals surface area (Å²) in [5, 5.41) is 0. The number of halogens is 3. The zero-order valence-corrected chi connectivity index (χ0v) is 17.5. The van der Waals surface area contributed by atoms with Crippen molar-refractivity contribution in [3.63, 3.8) is 0 Å². The third kappa shape index (κ3) is 5.73. The molecule has 0 amide bonds. The highest BCUT2D eigenvalue weighted by Crippen LogP contribution is 2.47. The second kappa shape index (κ2) is 9.22. The number of hydrogen-bond acceptors (Lipinski definition) is 1. The van der Waals surface area contributed by atoms with Crippen LogP contribution in [0.4, 0.5) is 13.2 Å². The van der Waals surface area contributed by atoms with E-state index in [1.54, 1.807) is 0 Å². The van der Waals surface area contributed by atoms with Crippen LogP contribution in [0.2, 0.25) is 0 Å². The lowest BCUT2D eigenvalue weighted by Crippen LogP contribution is -2.29. The van der Waals surface area contributed by atoms with Crippen molar-refractivity contribution in [2.45, 2.75) is 50.8 Å². The van der Waals surface area contributed by atoms with Crippen molar-refractivity contribution in [2.75, 3.05) is 0 Å². The lowest BCUT2D eigenvalue weighted by atomic mass is 9.64. The minimum Gasteiger partial charge on any atom is -0.406 e. The zero-order valence-electron chi connectivity index (χ0n) is 17.5. The standard InChI is InChI=1S/C27H27F3O/c1-2-19-5-12-25-18-24(14-13-23(25)17-19)22-10-6-20(7-11-22)3-4-21-8-15-26(16-9-21)31-27(28,29)30/h2,6-11,15-16,19,23-25H,1,5,12-14,17-18H2.